The maximum atomic E-state index is 11.4. The fraction of sp³-hybridized carbons (Fsp3) is 0.182. The molecule has 7 heteroatoms. The first-order valence-electron chi connectivity index (χ1n) is 5.07. The molecule has 0 radical (unpaired) electrons. The third-order valence-electron chi connectivity index (χ3n) is 2.47. The Bertz CT molecular complexity index is 691. The van der Waals surface area contributed by atoms with E-state index in [0.717, 1.165) is 5.56 Å². The molecule has 1 heterocycles. The molecular formula is C11H10Cl2N2O2S. The van der Waals surface area contributed by atoms with Gasteiger partial charge in [0.15, 0.2) is 5.15 Å². The van der Waals surface area contributed by atoms with Crippen LogP contribution in [0.4, 0.5) is 0 Å². The summed E-state index contributed by atoms with van der Waals surface area (Å²) in [5.74, 6) is 0. The van der Waals surface area contributed by atoms with E-state index in [1.165, 1.54) is 4.68 Å². The second-order valence-corrected chi connectivity index (χ2v) is 6.75. The minimum absolute atomic E-state index is 0.00801. The van der Waals surface area contributed by atoms with Crippen molar-refractivity contribution in [3.8, 4) is 5.69 Å². The summed E-state index contributed by atoms with van der Waals surface area (Å²) in [5.41, 5.74) is 2.04. The van der Waals surface area contributed by atoms with Gasteiger partial charge >= 0.3 is 0 Å². The lowest BCUT2D eigenvalue weighted by Crippen LogP contribution is -1.97. The van der Waals surface area contributed by atoms with E-state index in [0.29, 0.717) is 5.69 Å². The number of halogens is 2. The predicted molar refractivity (Wildman–Crippen MR) is 71.1 cm³/mol. The molecule has 0 N–H and O–H groups in total. The summed E-state index contributed by atoms with van der Waals surface area (Å²) >= 11 is 6.03. The normalized spacial score (nSPS) is 11.8. The van der Waals surface area contributed by atoms with E-state index < -0.39 is 9.05 Å². The highest BCUT2D eigenvalue weighted by Crippen LogP contribution is 2.29. The number of aryl methyl sites for hydroxylation is 2. The van der Waals surface area contributed by atoms with Crippen LogP contribution in [0, 0.1) is 13.8 Å². The van der Waals surface area contributed by atoms with E-state index >= 15 is 0 Å². The predicted octanol–water partition coefficient (Wildman–Crippen LogP) is 3.07. The molecule has 0 bridgehead atoms. The minimum Gasteiger partial charge on any atom is -0.221 e. The number of hydrogen-bond donors (Lipinski definition) is 0. The van der Waals surface area contributed by atoms with Gasteiger partial charge in [0.25, 0.3) is 9.05 Å². The second kappa shape index (κ2) is 4.57. The van der Waals surface area contributed by atoms with Gasteiger partial charge in [-0.3, -0.25) is 0 Å². The van der Waals surface area contributed by atoms with E-state index in [4.69, 9.17) is 22.3 Å². The van der Waals surface area contributed by atoms with E-state index in [1.807, 2.05) is 19.1 Å². The van der Waals surface area contributed by atoms with Crippen LogP contribution in [0.25, 0.3) is 5.69 Å². The van der Waals surface area contributed by atoms with Crippen molar-refractivity contribution in [3.63, 3.8) is 0 Å². The van der Waals surface area contributed by atoms with E-state index in [-0.39, 0.29) is 15.7 Å². The highest BCUT2D eigenvalue weighted by atomic mass is 35.7. The largest absolute Gasteiger partial charge is 0.266 e. The van der Waals surface area contributed by atoms with Crippen molar-refractivity contribution < 1.29 is 8.42 Å². The molecule has 0 unspecified atom stereocenters. The van der Waals surface area contributed by atoms with Gasteiger partial charge in [-0.1, -0.05) is 29.3 Å². The van der Waals surface area contributed by atoms with Crippen LogP contribution in [-0.2, 0) is 9.05 Å². The zero-order valence-electron chi connectivity index (χ0n) is 9.68. The number of nitrogens with zero attached hydrogens (tertiary/aromatic N) is 2. The SMILES string of the molecule is Cc1ccc(-n2nc(C)c(S(=O)(=O)Cl)c2Cl)cc1. The lowest BCUT2D eigenvalue weighted by atomic mass is 10.2. The van der Waals surface area contributed by atoms with E-state index in [2.05, 4.69) is 5.10 Å². The van der Waals surface area contributed by atoms with Crippen molar-refractivity contribution >= 4 is 31.3 Å². The molecule has 1 aromatic heterocycles. The highest BCUT2D eigenvalue weighted by Gasteiger charge is 2.24. The van der Waals surface area contributed by atoms with Gasteiger partial charge in [0.2, 0.25) is 0 Å². The fourth-order valence-corrected chi connectivity index (χ4v) is 3.55. The topological polar surface area (TPSA) is 52.0 Å². The lowest BCUT2D eigenvalue weighted by Gasteiger charge is -2.03. The van der Waals surface area contributed by atoms with Gasteiger partial charge in [0, 0.05) is 10.7 Å². The Morgan fingerprint density at radius 2 is 1.72 bits per heavy atom. The molecule has 0 amide bonds. The number of aromatic nitrogens is 2. The molecule has 2 rings (SSSR count). The highest BCUT2D eigenvalue weighted by molar-refractivity contribution is 8.13. The van der Waals surface area contributed by atoms with Gasteiger partial charge in [-0.15, -0.1) is 0 Å². The van der Waals surface area contributed by atoms with Crippen LogP contribution in [0.3, 0.4) is 0 Å². The molecular weight excluding hydrogens is 295 g/mol. The van der Waals surface area contributed by atoms with Crippen LogP contribution in [0.5, 0.6) is 0 Å². The van der Waals surface area contributed by atoms with Gasteiger partial charge in [-0.2, -0.15) is 5.10 Å². The quantitative estimate of drug-likeness (QED) is 0.801. The summed E-state index contributed by atoms with van der Waals surface area (Å²) in [4.78, 5) is -0.147. The zero-order chi connectivity index (χ0) is 13.5. The van der Waals surface area contributed by atoms with E-state index in [9.17, 15) is 8.42 Å². The van der Waals surface area contributed by atoms with Gasteiger partial charge in [0.1, 0.15) is 4.90 Å². The van der Waals surface area contributed by atoms with Crippen molar-refractivity contribution in [2.24, 2.45) is 0 Å². The van der Waals surface area contributed by atoms with Crippen molar-refractivity contribution in [1.29, 1.82) is 0 Å². The minimum atomic E-state index is -3.90. The Balaban J connectivity index is 2.65. The molecule has 0 aliphatic heterocycles. The average Bonchev–Trinajstić information content (AvgIpc) is 2.54. The smallest absolute Gasteiger partial charge is 0.221 e. The van der Waals surface area contributed by atoms with Crippen LogP contribution < -0.4 is 0 Å². The Morgan fingerprint density at radius 1 is 1.17 bits per heavy atom. The van der Waals surface area contributed by atoms with Crippen LogP contribution in [0.1, 0.15) is 11.3 Å². The zero-order valence-corrected chi connectivity index (χ0v) is 12.0. The third kappa shape index (κ3) is 2.39. The molecule has 0 saturated heterocycles. The summed E-state index contributed by atoms with van der Waals surface area (Å²) in [5, 5.41) is 4.09. The molecule has 1 aromatic carbocycles. The molecule has 0 atom stereocenters. The molecule has 2 aromatic rings. The first-order chi connectivity index (χ1) is 8.30. The van der Waals surface area contributed by atoms with Gasteiger partial charge in [-0.25, -0.2) is 13.1 Å². The molecule has 4 nitrogen and oxygen atoms in total. The summed E-state index contributed by atoms with van der Waals surface area (Å²) in [6, 6.07) is 7.38. The Hall–Kier alpha value is -1.04. The Morgan fingerprint density at radius 3 is 2.17 bits per heavy atom. The molecule has 0 fully saturated rings. The van der Waals surface area contributed by atoms with Crippen molar-refractivity contribution in [1.82, 2.24) is 9.78 Å². The van der Waals surface area contributed by atoms with Crippen molar-refractivity contribution in [2.45, 2.75) is 18.7 Å². The molecule has 0 saturated carbocycles. The van der Waals surface area contributed by atoms with Gasteiger partial charge < -0.3 is 0 Å². The van der Waals surface area contributed by atoms with Crippen molar-refractivity contribution in [2.75, 3.05) is 0 Å². The number of hydrogen-bond acceptors (Lipinski definition) is 3. The van der Waals surface area contributed by atoms with Crippen LogP contribution in [-0.4, -0.2) is 18.2 Å². The average molecular weight is 305 g/mol. The fourth-order valence-electron chi connectivity index (χ4n) is 1.62. The maximum absolute atomic E-state index is 11.4. The molecule has 0 aliphatic carbocycles. The van der Waals surface area contributed by atoms with Gasteiger partial charge in [0.05, 0.1) is 11.4 Å². The lowest BCUT2D eigenvalue weighted by molar-refractivity contribution is 0.609. The van der Waals surface area contributed by atoms with Crippen molar-refractivity contribution in [3.05, 3.63) is 40.7 Å². The molecule has 0 aliphatic rings. The Kier molecular flexibility index (Phi) is 3.40. The van der Waals surface area contributed by atoms with Crippen LogP contribution >= 0.6 is 22.3 Å². The first kappa shape index (κ1) is 13.4. The Labute approximate surface area is 115 Å². The van der Waals surface area contributed by atoms with Crippen LogP contribution in [0.15, 0.2) is 29.2 Å². The van der Waals surface area contributed by atoms with Crippen LogP contribution in [0.2, 0.25) is 5.15 Å². The second-order valence-electron chi connectivity index (χ2n) is 3.89. The summed E-state index contributed by atoms with van der Waals surface area (Å²) < 4.78 is 24.2. The maximum Gasteiger partial charge on any atom is 0.266 e. The van der Waals surface area contributed by atoms with Gasteiger partial charge in [-0.05, 0) is 26.0 Å². The number of benzene rings is 1. The first-order valence-corrected chi connectivity index (χ1v) is 7.76. The summed E-state index contributed by atoms with van der Waals surface area (Å²) in [7, 11) is 1.43. The molecule has 96 valence electrons. The molecule has 18 heavy (non-hydrogen) atoms. The third-order valence-corrected chi connectivity index (χ3v) is 4.37. The molecule has 0 spiro atoms. The number of rotatable bonds is 2. The van der Waals surface area contributed by atoms with E-state index in [1.54, 1.807) is 19.1 Å². The monoisotopic (exact) mass is 304 g/mol. The summed E-state index contributed by atoms with van der Waals surface area (Å²) in [6.07, 6.45) is 0. The standard InChI is InChI=1S/C11H10Cl2N2O2S/c1-7-3-5-9(6-4-7)15-11(12)10(8(2)14-15)18(13,16)17/h3-6H,1-2H3. The summed E-state index contributed by atoms with van der Waals surface area (Å²) in [6.45, 7) is 3.50.